The first-order valence-electron chi connectivity index (χ1n) is 3.67. The zero-order valence-electron chi connectivity index (χ0n) is 7.30. The number of carbonyl (C=O) groups is 2. The highest BCUT2D eigenvalue weighted by molar-refractivity contribution is 7.77. The Morgan fingerprint density at radius 1 is 1.53 bits per heavy atom. The van der Waals surface area contributed by atoms with Gasteiger partial charge in [-0.05, 0) is 12.1 Å². The summed E-state index contributed by atoms with van der Waals surface area (Å²) in [6, 6.07) is 2.63. The molecule has 1 aromatic heterocycles. The Morgan fingerprint density at radius 2 is 2.20 bits per heavy atom. The fraction of sp³-hybridized carbons (Fsp3) is 0. The number of hydrogen-bond acceptors (Lipinski definition) is 5. The van der Waals surface area contributed by atoms with Crippen LogP contribution in [0.15, 0.2) is 18.3 Å². The molecule has 0 saturated carbocycles. The Labute approximate surface area is 87.1 Å². The first kappa shape index (κ1) is 11.3. The van der Waals surface area contributed by atoms with Crippen LogP contribution in [0.3, 0.4) is 0 Å². The lowest BCUT2D eigenvalue weighted by atomic mass is 10.2. The molecule has 1 atom stereocenters. The summed E-state index contributed by atoms with van der Waals surface area (Å²) >= 11 is -2.75. The average Bonchev–Trinajstić information content (AvgIpc) is 2.16. The largest absolute Gasteiger partial charge is 0.755 e. The lowest BCUT2D eigenvalue weighted by Crippen LogP contribution is -2.28. The van der Waals surface area contributed by atoms with Crippen molar-refractivity contribution < 1.29 is 18.4 Å². The number of aromatic nitrogens is 1. The number of carbonyl (C=O) groups excluding carboxylic acids is 2. The van der Waals surface area contributed by atoms with Crippen molar-refractivity contribution in [2.75, 3.05) is 0 Å². The molecule has 1 rings (SSSR count). The Kier molecular flexibility index (Phi) is 3.47. The van der Waals surface area contributed by atoms with Crippen LogP contribution in [0.5, 0.6) is 0 Å². The molecule has 0 aromatic carbocycles. The van der Waals surface area contributed by atoms with Gasteiger partial charge in [-0.1, -0.05) is 0 Å². The minimum atomic E-state index is -2.75. The molecule has 3 N–H and O–H groups in total. The summed E-state index contributed by atoms with van der Waals surface area (Å²) in [6.07, 6.45) is 1.27. The van der Waals surface area contributed by atoms with Gasteiger partial charge in [0.1, 0.15) is 5.69 Å². The molecular formula is C7H6N3O4S-. The Balaban J connectivity index is 3.08. The Hall–Kier alpha value is -1.80. The molecule has 0 saturated heterocycles. The summed E-state index contributed by atoms with van der Waals surface area (Å²) in [4.78, 5) is 25.6. The van der Waals surface area contributed by atoms with E-state index in [0.717, 1.165) is 0 Å². The van der Waals surface area contributed by atoms with Gasteiger partial charge in [0.25, 0.3) is 11.8 Å². The molecule has 8 heteroatoms. The van der Waals surface area contributed by atoms with Crippen LogP contribution in [0.2, 0.25) is 0 Å². The Bertz CT molecular complexity index is 434. The van der Waals surface area contributed by atoms with Crippen LogP contribution >= 0.6 is 0 Å². The number of amides is 2. The molecule has 7 nitrogen and oxygen atoms in total. The third-order valence-corrected chi connectivity index (χ3v) is 1.81. The average molecular weight is 228 g/mol. The molecule has 1 heterocycles. The van der Waals surface area contributed by atoms with Gasteiger partial charge in [-0.15, -0.1) is 0 Å². The second-order valence-corrected chi connectivity index (χ2v) is 3.10. The quantitative estimate of drug-likeness (QED) is 0.622. The first-order valence-corrected chi connectivity index (χ1v) is 4.75. The van der Waals surface area contributed by atoms with Gasteiger partial charge in [0.2, 0.25) is 0 Å². The van der Waals surface area contributed by atoms with Crippen molar-refractivity contribution in [2.24, 2.45) is 5.73 Å². The highest BCUT2D eigenvalue weighted by Crippen LogP contribution is 2.04. The number of nitrogens with two attached hydrogens (primary N) is 1. The molecule has 0 spiro atoms. The maximum Gasteiger partial charge on any atom is 0.268 e. The van der Waals surface area contributed by atoms with Crippen LogP contribution in [0.25, 0.3) is 0 Å². The van der Waals surface area contributed by atoms with E-state index in [1.165, 1.54) is 18.3 Å². The molecule has 0 fully saturated rings. The number of pyridine rings is 1. The minimum absolute atomic E-state index is 0.186. The van der Waals surface area contributed by atoms with Crippen LogP contribution < -0.4 is 10.5 Å². The fourth-order valence-corrected chi connectivity index (χ4v) is 1.18. The van der Waals surface area contributed by atoms with E-state index >= 15 is 0 Å². The molecule has 15 heavy (non-hydrogen) atoms. The molecule has 1 aromatic rings. The van der Waals surface area contributed by atoms with Crippen molar-refractivity contribution in [1.82, 2.24) is 9.71 Å². The topological polar surface area (TPSA) is 125 Å². The summed E-state index contributed by atoms with van der Waals surface area (Å²) < 4.78 is 22.0. The van der Waals surface area contributed by atoms with E-state index in [2.05, 4.69) is 4.98 Å². The SMILES string of the molecule is NC(=O)c1ncccc1C(=O)NS(=O)[O-]. The smallest absolute Gasteiger partial charge is 0.268 e. The van der Waals surface area contributed by atoms with Crippen LogP contribution in [0.1, 0.15) is 20.8 Å². The number of hydrogen-bond donors (Lipinski definition) is 2. The summed E-state index contributed by atoms with van der Waals surface area (Å²) in [5.41, 5.74) is 4.48. The van der Waals surface area contributed by atoms with Gasteiger partial charge in [0.05, 0.1) is 5.56 Å². The summed E-state index contributed by atoms with van der Waals surface area (Å²) in [5.74, 6) is -1.86. The van der Waals surface area contributed by atoms with Crippen molar-refractivity contribution in [1.29, 1.82) is 0 Å². The molecule has 0 aliphatic carbocycles. The van der Waals surface area contributed by atoms with Gasteiger partial charge in [-0.3, -0.25) is 23.5 Å². The summed E-state index contributed by atoms with van der Waals surface area (Å²) in [6.45, 7) is 0. The van der Waals surface area contributed by atoms with Crippen LogP contribution in [-0.2, 0) is 11.3 Å². The highest BCUT2D eigenvalue weighted by atomic mass is 32.2. The maximum absolute atomic E-state index is 11.2. The maximum atomic E-state index is 11.2. The normalized spacial score (nSPS) is 11.8. The molecule has 0 aliphatic rings. The van der Waals surface area contributed by atoms with E-state index < -0.39 is 23.1 Å². The third-order valence-electron chi connectivity index (χ3n) is 1.46. The lowest BCUT2D eigenvalue weighted by Gasteiger charge is -2.08. The van der Waals surface area contributed by atoms with Gasteiger partial charge < -0.3 is 10.3 Å². The van der Waals surface area contributed by atoms with Gasteiger partial charge in [0.15, 0.2) is 0 Å². The van der Waals surface area contributed by atoms with Crippen molar-refractivity contribution in [3.8, 4) is 0 Å². The monoisotopic (exact) mass is 228 g/mol. The molecule has 1 unspecified atom stereocenters. The molecule has 0 radical (unpaired) electrons. The lowest BCUT2D eigenvalue weighted by molar-refractivity contribution is 0.0952. The second-order valence-electron chi connectivity index (χ2n) is 2.43. The molecule has 0 aliphatic heterocycles. The zero-order chi connectivity index (χ0) is 11.4. The molecule has 0 bridgehead atoms. The molecule has 80 valence electrons. The van der Waals surface area contributed by atoms with E-state index in [0.29, 0.717) is 0 Å². The van der Waals surface area contributed by atoms with E-state index in [1.807, 2.05) is 0 Å². The van der Waals surface area contributed by atoms with E-state index in [4.69, 9.17) is 5.73 Å². The third kappa shape index (κ3) is 2.82. The van der Waals surface area contributed by atoms with Crippen LogP contribution in [0, 0.1) is 0 Å². The van der Waals surface area contributed by atoms with E-state index in [1.54, 1.807) is 4.72 Å². The van der Waals surface area contributed by atoms with Crippen LogP contribution in [-0.4, -0.2) is 25.6 Å². The van der Waals surface area contributed by atoms with Gasteiger partial charge in [0, 0.05) is 17.5 Å². The summed E-state index contributed by atoms with van der Waals surface area (Å²) in [7, 11) is 0. The van der Waals surface area contributed by atoms with Crippen molar-refractivity contribution in [2.45, 2.75) is 0 Å². The predicted octanol–water partition coefficient (Wildman–Crippen LogP) is -1.30. The van der Waals surface area contributed by atoms with Gasteiger partial charge in [-0.2, -0.15) is 0 Å². The first-order chi connectivity index (χ1) is 7.02. The number of primary amides is 1. The predicted molar refractivity (Wildman–Crippen MR) is 49.1 cm³/mol. The number of rotatable bonds is 3. The van der Waals surface area contributed by atoms with Gasteiger partial charge in [-0.25, -0.2) is 0 Å². The molecule has 2 amide bonds. The van der Waals surface area contributed by atoms with Crippen molar-refractivity contribution >= 4 is 23.1 Å². The van der Waals surface area contributed by atoms with E-state index in [9.17, 15) is 18.4 Å². The fourth-order valence-electron chi connectivity index (χ4n) is 0.916. The van der Waals surface area contributed by atoms with Crippen LogP contribution in [0.4, 0.5) is 0 Å². The number of nitrogens with zero attached hydrogens (tertiary/aromatic N) is 1. The van der Waals surface area contributed by atoms with Crippen molar-refractivity contribution in [3.63, 3.8) is 0 Å². The van der Waals surface area contributed by atoms with E-state index in [-0.39, 0.29) is 11.3 Å². The second kappa shape index (κ2) is 4.62. The zero-order valence-corrected chi connectivity index (χ0v) is 8.11. The van der Waals surface area contributed by atoms with Gasteiger partial charge >= 0.3 is 0 Å². The van der Waals surface area contributed by atoms with Crippen molar-refractivity contribution in [3.05, 3.63) is 29.6 Å². The number of nitrogens with one attached hydrogen (secondary N) is 1. The Morgan fingerprint density at radius 3 is 2.73 bits per heavy atom. The minimum Gasteiger partial charge on any atom is -0.755 e. The summed E-state index contributed by atoms with van der Waals surface area (Å²) in [5, 5.41) is 0. The highest BCUT2D eigenvalue weighted by Gasteiger charge is 2.15. The standard InChI is InChI=1S/C7H7N3O4S/c8-6(11)5-4(2-1-3-9-5)7(12)10-15(13)14/h1-3H,(H2,8,11)(H,10,12)(H,13,14)/p-1. The molecular weight excluding hydrogens is 222 g/mol.